The number of halogens is 2. The molecule has 0 aliphatic carbocycles. The minimum atomic E-state index is -4.11. The zero-order valence-electron chi connectivity index (χ0n) is 19.1. The first-order chi connectivity index (χ1) is 17.5. The van der Waals surface area contributed by atoms with Gasteiger partial charge in [0.25, 0.3) is 11.1 Å². The lowest BCUT2D eigenvalue weighted by Crippen LogP contribution is -2.27. The average molecular weight is 577 g/mol. The lowest BCUT2D eigenvalue weighted by molar-refractivity contribution is -0.123. The first kappa shape index (κ1) is 26.7. The Bertz CT molecular complexity index is 1500. The molecule has 1 fully saturated rings. The molecule has 12 heteroatoms. The molecule has 0 unspecified atom stereocenters. The quantitative estimate of drug-likeness (QED) is 0.273. The topological polar surface area (TPSA) is 110 Å². The Morgan fingerprint density at radius 2 is 1.62 bits per heavy atom. The second-order valence-corrected chi connectivity index (χ2v) is 11.1. The van der Waals surface area contributed by atoms with E-state index in [1.807, 2.05) is 0 Å². The third-order valence-corrected chi connectivity index (χ3v) is 7.98. The number of thioether (sulfide) groups is 1. The Morgan fingerprint density at radius 1 is 1.00 bits per heavy atom. The van der Waals surface area contributed by atoms with Crippen LogP contribution in [0.1, 0.15) is 18.1 Å². The zero-order chi connectivity index (χ0) is 26.7. The Morgan fingerprint density at radius 3 is 2.22 bits per heavy atom. The molecule has 4 rings (SSSR count). The first-order valence-corrected chi connectivity index (χ1v) is 13.6. The summed E-state index contributed by atoms with van der Waals surface area (Å²) in [4.78, 5) is 37.6. The van der Waals surface area contributed by atoms with E-state index in [2.05, 4.69) is 5.32 Å². The van der Waals surface area contributed by atoms with Gasteiger partial charge in [-0.05, 0) is 71.9 Å². The summed E-state index contributed by atoms with van der Waals surface area (Å²) in [6.07, 6.45) is 1.53. The molecule has 1 saturated heterocycles. The van der Waals surface area contributed by atoms with Crippen molar-refractivity contribution in [1.29, 1.82) is 0 Å². The number of amides is 3. The number of imide groups is 1. The number of anilines is 1. The van der Waals surface area contributed by atoms with Crippen molar-refractivity contribution in [3.63, 3.8) is 0 Å². The minimum absolute atomic E-state index is 0.0586. The van der Waals surface area contributed by atoms with Crippen molar-refractivity contribution in [2.75, 3.05) is 5.32 Å². The predicted molar refractivity (Wildman–Crippen MR) is 143 cm³/mol. The molecule has 3 aromatic carbocycles. The molecule has 1 aliphatic heterocycles. The second kappa shape index (κ2) is 11.0. The fourth-order valence-corrected chi connectivity index (χ4v) is 5.62. The van der Waals surface area contributed by atoms with Crippen LogP contribution in [0.5, 0.6) is 5.75 Å². The highest BCUT2D eigenvalue weighted by Crippen LogP contribution is 2.36. The van der Waals surface area contributed by atoms with Crippen LogP contribution in [0.25, 0.3) is 6.08 Å². The summed E-state index contributed by atoms with van der Waals surface area (Å²) in [7, 11) is -4.11. The molecule has 8 nitrogen and oxygen atoms in total. The van der Waals surface area contributed by atoms with E-state index in [1.54, 1.807) is 30.3 Å². The van der Waals surface area contributed by atoms with Gasteiger partial charge in [-0.1, -0.05) is 41.4 Å². The van der Waals surface area contributed by atoms with Gasteiger partial charge < -0.3 is 9.50 Å². The van der Waals surface area contributed by atoms with Gasteiger partial charge >= 0.3 is 10.1 Å². The number of rotatable bonds is 7. The van der Waals surface area contributed by atoms with Crippen LogP contribution in [-0.4, -0.2) is 30.4 Å². The molecule has 0 saturated carbocycles. The summed E-state index contributed by atoms with van der Waals surface area (Å²) < 4.78 is 30.3. The van der Waals surface area contributed by atoms with Crippen molar-refractivity contribution in [1.82, 2.24) is 4.90 Å². The van der Waals surface area contributed by atoms with Gasteiger partial charge in [0.1, 0.15) is 10.6 Å². The zero-order valence-corrected chi connectivity index (χ0v) is 22.2. The van der Waals surface area contributed by atoms with Crippen molar-refractivity contribution in [3.05, 3.63) is 92.8 Å². The third-order valence-electron chi connectivity index (χ3n) is 5.10. The predicted octanol–water partition coefficient (Wildman–Crippen LogP) is 5.96. The van der Waals surface area contributed by atoms with E-state index in [0.717, 1.165) is 16.7 Å². The van der Waals surface area contributed by atoms with E-state index < -0.39 is 21.3 Å². The molecule has 3 aromatic rings. The number of hydrogen-bond acceptors (Lipinski definition) is 7. The van der Waals surface area contributed by atoms with Crippen LogP contribution in [0.3, 0.4) is 0 Å². The van der Waals surface area contributed by atoms with Gasteiger partial charge in [-0.25, -0.2) is 0 Å². The van der Waals surface area contributed by atoms with Gasteiger partial charge in [0.15, 0.2) is 0 Å². The summed E-state index contributed by atoms with van der Waals surface area (Å²) in [5, 5.41) is 2.80. The van der Waals surface area contributed by atoms with E-state index in [-0.39, 0.29) is 28.0 Å². The number of hydrogen-bond donors (Lipinski definition) is 1. The molecule has 3 amide bonds. The molecule has 1 heterocycles. The summed E-state index contributed by atoms with van der Waals surface area (Å²) in [5.41, 5.74) is 1.49. The molecule has 0 spiro atoms. The van der Waals surface area contributed by atoms with Crippen molar-refractivity contribution < 1.29 is 27.0 Å². The maximum atomic E-state index is 12.8. The summed E-state index contributed by atoms with van der Waals surface area (Å²) in [6.45, 7) is 1.29. The largest absolute Gasteiger partial charge is 0.379 e. The Balaban J connectivity index is 1.45. The van der Waals surface area contributed by atoms with Gasteiger partial charge in [0, 0.05) is 28.2 Å². The fraction of sp³-hybridized carbons (Fsp3) is 0.0800. The first-order valence-electron chi connectivity index (χ1n) is 10.6. The molecular weight excluding hydrogens is 559 g/mol. The molecule has 37 heavy (non-hydrogen) atoms. The lowest BCUT2D eigenvalue weighted by atomic mass is 10.2. The van der Waals surface area contributed by atoms with Gasteiger partial charge in [-0.3, -0.25) is 19.3 Å². The van der Waals surface area contributed by atoms with E-state index >= 15 is 0 Å². The van der Waals surface area contributed by atoms with Crippen LogP contribution in [0.2, 0.25) is 10.0 Å². The van der Waals surface area contributed by atoms with Crippen molar-refractivity contribution >= 4 is 73.9 Å². The summed E-state index contributed by atoms with van der Waals surface area (Å²) in [6, 6.07) is 16.5. The number of carbonyl (C=O) groups is 3. The van der Waals surface area contributed by atoms with Crippen molar-refractivity contribution in [3.8, 4) is 5.75 Å². The second-order valence-electron chi connectivity index (χ2n) is 7.78. The van der Waals surface area contributed by atoms with Crippen LogP contribution < -0.4 is 9.50 Å². The van der Waals surface area contributed by atoms with Crippen LogP contribution in [0.15, 0.2) is 76.5 Å². The Labute approximate surface area is 227 Å². The minimum Gasteiger partial charge on any atom is -0.379 e. The molecule has 1 aliphatic rings. The number of nitrogens with one attached hydrogen (secondary N) is 1. The number of benzene rings is 3. The monoisotopic (exact) mass is 576 g/mol. The number of carbonyl (C=O) groups excluding carboxylic acids is 3. The SMILES string of the molecule is CC(=O)Nc1ccc(S(=O)(=O)Oc2ccc(/C=C3\SC(=O)N(Cc4c(Cl)cccc4Cl)C3=O)cc2)cc1. The molecule has 1 N–H and O–H groups in total. The maximum absolute atomic E-state index is 12.8. The van der Waals surface area contributed by atoms with Gasteiger partial charge in [0.05, 0.1) is 11.4 Å². The van der Waals surface area contributed by atoms with Crippen LogP contribution in [0.4, 0.5) is 10.5 Å². The van der Waals surface area contributed by atoms with Crippen LogP contribution in [0, 0.1) is 0 Å². The smallest absolute Gasteiger partial charge is 0.339 e. The van der Waals surface area contributed by atoms with Crippen molar-refractivity contribution in [2.45, 2.75) is 18.4 Å². The molecule has 0 bridgehead atoms. The third kappa shape index (κ3) is 6.34. The number of nitrogens with zero attached hydrogens (tertiary/aromatic N) is 1. The van der Waals surface area contributed by atoms with E-state index in [4.69, 9.17) is 27.4 Å². The van der Waals surface area contributed by atoms with Crippen LogP contribution >= 0.6 is 35.0 Å². The van der Waals surface area contributed by atoms with Crippen molar-refractivity contribution in [2.24, 2.45) is 0 Å². The Hall–Kier alpha value is -3.31. The highest BCUT2D eigenvalue weighted by Gasteiger charge is 2.35. The lowest BCUT2D eigenvalue weighted by Gasteiger charge is -2.14. The molecule has 190 valence electrons. The molecule has 0 radical (unpaired) electrons. The van der Waals surface area contributed by atoms with Crippen LogP contribution in [-0.2, 0) is 26.3 Å². The molecule has 0 aromatic heterocycles. The van der Waals surface area contributed by atoms with Gasteiger partial charge in [-0.15, -0.1) is 0 Å². The van der Waals surface area contributed by atoms with Gasteiger partial charge in [-0.2, -0.15) is 8.42 Å². The summed E-state index contributed by atoms with van der Waals surface area (Å²) in [5.74, 6) is -0.706. The van der Waals surface area contributed by atoms with E-state index in [0.29, 0.717) is 26.9 Å². The highest BCUT2D eigenvalue weighted by atomic mass is 35.5. The van der Waals surface area contributed by atoms with Gasteiger partial charge in [0.2, 0.25) is 5.91 Å². The molecule has 0 atom stereocenters. The average Bonchev–Trinajstić information content (AvgIpc) is 3.09. The highest BCUT2D eigenvalue weighted by molar-refractivity contribution is 8.18. The molecular formula is C25H18Cl2N2O6S2. The fourth-order valence-electron chi connectivity index (χ4n) is 3.33. The van der Waals surface area contributed by atoms with E-state index in [1.165, 1.54) is 49.4 Å². The maximum Gasteiger partial charge on any atom is 0.339 e. The summed E-state index contributed by atoms with van der Waals surface area (Å²) >= 11 is 13.1. The standard InChI is InChI=1S/C25H18Cl2N2O6S2/c1-15(30)28-17-7-11-19(12-8-17)37(33,34)35-18-9-5-16(6-10-18)13-23-24(31)29(25(32)36-23)14-20-21(26)3-2-4-22(20)27/h2-13H,14H2,1H3,(H,28,30)/b23-13-. The van der Waals surface area contributed by atoms with E-state index in [9.17, 15) is 22.8 Å². The normalized spacial score (nSPS) is 14.8. The Kier molecular flexibility index (Phi) is 7.93.